The summed E-state index contributed by atoms with van der Waals surface area (Å²) in [5.74, 6) is 0.622. The van der Waals surface area contributed by atoms with E-state index in [2.05, 4.69) is 32.6 Å². The van der Waals surface area contributed by atoms with Crippen molar-refractivity contribution in [2.75, 3.05) is 13.1 Å². The Bertz CT molecular complexity index is 1200. The van der Waals surface area contributed by atoms with E-state index < -0.39 is 0 Å². The van der Waals surface area contributed by atoms with Gasteiger partial charge in [-0.25, -0.2) is 4.39 Å². The highest BCUT2D eigenvalue weighted by Gasteiger charge is 2.35. The van der Waals surface area contributed by atoms with Gasteiger partial charge in [0.25, 0.3) is 0 Å². The minimum absolute atomic E-state index is 0. The number of fused-ring (bicyclic) bond motifs is 1. The normalized spacial score (nSPS) is 22.1. The van der Waals surface area contributed by atoms with Gasteiger partial charge in [0.1, 0.15) is 17.3 Å². The lowest BCUT2D eigenvalue weighted by Crippen LogP contribution is -2.41. The summed E-state index contributed by atoms with van der Waals surface area (Å²) in [5, 5.41) is 4.21. The third kappa shape index (κ3) is 5.73. The Morgan fingerprint density at radius 1 is 1.11 bits per heavy atom. The quantitative estimate of drug-likeness (QED) is 0.126. The molecule has 5 rings (SSSR count). The molecule has 3 aromatic rings. The van der Waals surface area contributed by atoms with Crippen LogP contribution in [0.2, 0.25) is 0 Å². The summed E-state index contributed by atoms with van der Waals surface area (Å²) in [5.41, 5.74) is 2.83. The zero-order chi connectivity index (χ0) is 24.4. The van der Waals surface area contributed by atoms with E-state index in [-0.39, 0.29) is 45.7 Å². The number of aryl methyl sites for hydroxylation is 1. The number of ketones is 2. The van der Waals surface area contributed by atoms with Gasteiger partial charge in [-0.2, -0.15) is 0 Å². The molecule has 2 aliphatic rings. The van der Waals surface area contributed by atoms with E-state index in [1.165, 1.54) is 12.1 Å². The fourth-order valence-electron chi connectivity index (χ4n) is 5.30. The van der Waals surface area contributed by atoms with Crippen LogP contribution < -0.4 is 0 Å². The number of Topliss-reactive ketones (excluding diaryl/α,β-unsaturated/α-hetero) is 2. The first-order valence-electron chi connectivity index (χ1n) is 12.3. The molecule has 3 atom stereocenters. The molecule has 190 valence electrons. The van der Waals surface area contributed by atoms with Crippen LogP contribution in [-0.4, -0.2) is 38.8 Å². The van der Waals surface area contributed by atoms with Crippen LogP contribution in [0.1, 0.15) is 58.6 Å². The number of alkyl halides is 1. The van der Waals surface area contributed by atoms with Crippen molar-refractivity contribution in [2.24, 2.45) is 11.8 Å². The Morgan fingerprint density at radius 3 is 2.58 bits per heavy atom. The molecule has 1 saturated heterocycles. The number of nitrogens with zero attached hydrogens (tertiary/aromatic N) is 2. The van der Waals surface area contributed by atoms with E-state index in [4.69, 9.17) is 4.52 Å². The predicted molar refractivity (Wildman–Crippen MR) is 147 cm³/mol. The van der Waals surface area contributed by atoms with Gasteiger partial charge in [0, 0.05) is 29.4 Å². The number of carbonyl (C=O) groups is 2. The average molecular weight is 623 g/mol. The Balaban J connectivity index is 0.00000304. The minimum Gasteiger partial charge on any atom is -0.360 e. The molecular formula is C28H29ClFIN2O3. The van der Waals surface area contributed by atoms with Crippen molar-refractivity contribution in [1.82, 2.24) is 10.1 Å². The SMILES string of the molecule is Cl.O=C(c1ccc(F)cc1)C1CCN(CCCC2CCc3onc(-c4ccccc4)c3C2=O)C(I)C1. The lowest BCUT2D eigenvalue weighted by Gasteiger charge is -2.36. The molecule has 1 aliphatic heterocycles. The monoisotopic (exact) mass is 622 g/mol. The summed E-state index contributed by atoms with van der Waals surface area (Å²) in [4.78, 5) is 28.6. The number of aromatic nitrogens is 1. The number of benzene rings is 2. The van der Waals surface area contributed by atoms with E-state index >= 15 is 0 Å². The molecule has 0 saturated carbocycles. The molecule has 1 aromatic heterocycles. The van der Waals surface area contributed by atoms with E-state index in [1.54, 1.807) is 12.1 Å². The van der Waals surface area contributed by atoms with Crippen molar-refractivity contribution in [3.8, 4) is 11.3 Å². The van der Waals surface area contributed by atoms with Gasteiger partial charge in [-0.3, -0.25) is 14.5 Å². The molecule has 5 nitrogen and oxygen atoms in total. The maximum atomic E-state index is 13.3. The van der Waals surface area contributed by atoms with Crippen LogP contribution in [0.4, 0.5) is 4.39 Å². The van der Waals surface area contributed by atoms with Gasteiger partial charge in [-0.05, 0) is 69.5 Å². The van der Waals surface area contributed by atoms with Crippen LogP contribution in [0.5, 0.6) is 0 Å². The third-order valence-corrected chi connectivity index (χ3v) is 8.58. The number of carbonyl (C=O) groups excluding carboxylic acids is 2. The lowest BCUT2D eigenvalue weighted by molar-refractivity contribution is 0.0814. The van der Waals surface area contributed by atoms with Crippen LogP contribution in [0.25, 0.3) is 11.3 Å². The fourth-order valence-corrected chi connectivity index (χ4v) is 6.47. The molecule has 0 bridgehead atoms. The molecular weight excluding hydrogens is 594 g/mol. The number of hydrogen-bond donors (Lipinski definition) is 0. The highest BCUT2D eigenvalue weighted by atomic mass is 127. The van der Waals surface area contributed by atoms with Crippen molar-refractivity contribution in [2.45, 2.75) is 42.6 Å². The number of halogens is 3. The second-order valence-corrected chi connectivity index (χ2v) is 10.9. The largest absolute Gasteiger partial charge is 0.360 e. The van der Waals surface area contributed by atoms with Crippen molar-refractivity contribution < 1.29 is 18.5 Å². The second-order valence-electron chi connectivity index (χ2n) is 9.50. The first-order valence-corrected chi connectivity index (χ1v) is 13.5. The molecule has 2 heterocycles. The fraction of sp³-hybridized carbons (Fsp3) is 0.393. The highest BCUT2D eigenvalue weighted by Crippen LogP contribution is 2.35. The zero-order valence-electron chi connectivity index (χ0n) is 19.9. The topological polar surface area (TPSA) is 63.4 Å². The molecule has 2 aromatic carbocycles. The van der Waals surface area contributed by atoms with Crippen LogP contribution in [-0.2, 0) is 6.42 Å². The van der Waals surface area contributed by atoms with Crippen molar-refractivity contribution in [1.29, 1.82) is 0 Å². The molecule has 0 N–H and O–H groups in total. The first kappa shape index (κ1) is 26.9. The summed E-state index contributed by atoms with van der Waals surface area (Å²) in [6, 6.07) is 15.6. The smallest absolute Gasteiger partial charge is 0.171 e. The van der Waals surface area contributed by atoms with Crippen LogP contribution >= 0.6 is 35.0 Å². The molecule has 8 heteroatoms. The van der Waals surface area contributed by atoms with Gasteiger partial charge in [0.2, 0.25) is 0 Å². The minimum atomic E-state index is -0.323. The molecule has 1 aliphatic carbocycles. The summed E-state index contributed by atoms with van der Waals surface area (Å²) in [6.07, 6.45) is 4.93. The van der Waals surface area contributed by atoms with E-state index in [1.807, 2.05) is 30.3 Å². The van der Waals surface area contributed by atoms with E-state index in [0.717, 1.165) is 57.2 Å². The Hall–Kier alpha value is -2.10. The molecule has 3 unspecified atom stereocenters. The van der Waals surface area contributed by atoms with Crippen molar-refractivity contribution in [3.05, 3.63) is 77.3 Å². The number of hydrogen-bond acceptors (Lipinski definition) is 5. The average Bonchev–Trinajstić information content (AvgIpc) is 3.32. The van der Waals surface area contributed by atoms with Gasteiger partial charge in [0.05, 0.1) is 9.61 Å². The lowest BCUT2D eigenvalue weighted by atomic mass is 9.82. The summed E-state index contributed by atoms with van der Waals surface area (Å²) in [6.45, 7) is 1.77. The molecule has 1 fully saturated rings. The van der Waals surface area contributed by atoms with Gasteiger partial charge in [0.15, 0.2) is 11.6 Å². The molecule has 36 heavy (non-hydrogen) atoms. The van der Waals surface area contributed by atoms with Gasteiger partial charge in [-0.1, -0.05) is 58.1 Å². The van der Waals surface area contributed by atoms with E-state index in [9.17, 15) is 14.0 Å². The number of likely N-dealkylation sites (tertiary alicyclic amines) is 1. The predicted octanol–water partition coefficient (Wildman–Crippen LogP) is 6.78. The van der Waals surface area contributed by atoms with Gasteiger partial charge < -0.3 is 4.52 Å². The van der Waals surface area contributed by atoms with Crippen molar-refractivity contribution >= 4 is 46.6 Å². The first-order chi connectivity index (χ1) is 17.0. The third-order valence-electron chi connectivity index (χ3n) is 7.28. The summed E-state index contributed by atoms with van der Waals surface area (Å²) < 4.78 is 19.0. The Labute approximate surface area is 230 Å². The van der Waals surface area contributed by atoms with Crippen molar-refractivity contribution in [3.63, 3.8) is 0 Å². The van der Waals surface area contributed by atoms with Gasteiger partial charge in [-0.15, -0.1) is 12.4 Å². The number of rotatable bonds is 7. The maximum Gasteiger partial charge on any atom is 0.171 e. The molecule has 0 spiro atoms. The van der Waals surface area contributed by atoms with Gasteiger partial charge >= 0.3 is 0 Å². The molecule has 0 radical (unpaired) electrons. The standard InChI is InChI=1S/C28H28FIN2O3.ClH/c29-22-11-8-20(9-12-22)27(33)21-14-16-32(24(30)17-21)15-4-7-19-10-13-23-25(28(19)34)26(31-35-23)18-5-2-1-3-6-18;/h1-3,5-6,8-9,11-12,19,21,24H,4,7,10,13-17H2;1H. The summed E-state index contributed by atoms with van der Waals surface area (Å²) in [7, 11) is 0. The zero-order valence-corrected chi connectivity index (χ0v) is 22.8. The molecule has 0 amide bonds. The maximum absolute atomic E-state index is 13.3. The number of piperidine rings is 1. The Morgan fingerprint density at radius 2 is 1.86 bits per heavy atom. The summed E-state index contributed by atoms with van der Waals surface area (Å²) >= 11 is 2.43. The van der Waals surface area contributed by atoms with E-state index in [0.29, 0.717) is 22.6 Å². The van der Waals surface area contributed by atoms with Crippen LogP contribution in [0, 0.1) is 17.7 Å². The van der Waals surface area contributed by atoms with Crippen LogP contribution in [0.3, 0.4) is 0 Å². The second kappa shape index (κ2) is 12.0. The van der Waals surface area contributed by atoms with Crippen LogP contribution in [0.15, 0.2) is 59.1 Å². The Kier molecular flexibility index (Phi) is 8.96. The highest BCUT2D eigenvalue weighted by molar-refractivity contribution is 14.1.